The van der Waals surface area contributed by atoms with Gasteiger partial charge in [-0.3, -0.25) is 4.79 Å². The molecule has 214 valence electrons. The molecule has 3 aromatic rings. The molecule has 2 aromatic carbocycles. The number of nitrogens with one attached hydrogen (secondary N) is 2. The van der Waals surface area contributed by atoms with Crippen LogP contribution in [0.5, 0.6) is 17.2 Å². The maximum Gasteiger partial charge on any atom is 0.314 e. The molecule has 1 saturated carbocycles. The fourth-order valence-electron chi connectivity index (χ4n) is 5.05. The van der Waals surface area contributed by atoms with Crippen LogP contribution in [-0.2, 0) is 12.6 Å². The summed E-state index contributed by atoms with van der Waals surface area (Å²) in [6, 6.07) is 9.57. The SMILES string of the molecule is CNC(=O)N[C@H]1CC[C@H](Oc2cc(=O)n(C)cc2-c2cc(C(C)(C)O)ccc2Oc2c(C)cc(F)cc2C)CC1. The number of hydrogen-bond donors (Lipinski definition) is 3. The van der Waals surface area contributed by atoms with Crippen LogP contribution >= 0.6 is 0 Å². The number of carbonyl (C=O) groups excluding carboxylic acids is 1. The average molecular weight is 552 g/mol. The largest absolute Gasteiger partial charge is 0.490 e. The third-order valence-electron chi connectivity index (χ3n) is 7.33. The van der Waals surface area contributed by atoms with Gasteiger partial charge in [-0.25, -0.2) is 9.18 Å². The first-order valence-corrected chi connectivity index (χ1v) is 13.5. The zero-order chi connectivity index (χ0) is 29.2. The zero-order valence-electron chi connectivity index (χ0n) is 23.9. The van der Waals surface area contributed by atoms with Crippen molar-refractivity contribution in [3.8, 4) is 28.4 Å². The first-order valence-electron chi connectivity index (χ1n) is 13.5. The predicted molar refractivity (Wildman–Crippen MR) is 153 cm³/mol. The lowest BCUT2D eigenvalue weighted by Crippen LogP contribution is -2.43. The van der Waals surface area contributed by atoms with Crippen LogP contribution in [0, 0.1) is 19.7 Å². The van der Waals surface area contributed by atoms with E-state index in [9.17, 15) is 19.1 Å². The lowest BCUT2D eigenvalue weighted by Gasteiger charge is -2.30. The number of hydrogen-bond acceptors (Lipinski definition) is 5. The summed E-state index contributed by atoms with van der Waals surface area (Å²) in [4.78, 5) is 24.4. The van der Waals surface area contributed by atoms with E-state index in [0.717, 1.165) is 12.8 Å². The van der Waals surface area contributed by atoms with Gasteiger partial charge in [-0.05, 0) is 94.3 Å². The van der Waals surface area contributed by atoms with E-state index in [1.165, 1.54) is 22.8 Å². The number of carbonyl (C=O) groups is 1. The molecule has 4 rings (SSSR count). The van der Waals surface area contributed by atoms with E-state index >= 15 is 0 Å². The Kier molecular flexibility index (Phi) is 8.54. The molecule has 1 aromatic heterocycles. The summed E-state index contributed by atoms with van der Waals surface area (Å²) in [6.45, 7) is 6.97. The summed E-state index contributed by atoms with van der Waals surface area (Å²) in [5.74, 6) is 1.09. The molecule has 0 bridgehead atoms. The van der Waals surface area contributed by atoms with Gasteiger partial charge in [0.05, 0.1) is 11.7 Å². The summed E-state index contributed by atoms with van der Waals surface area (Å²) in [6.07, 6.45) is 4.50. The highest BCUT2D eigenvalue weighted by molar-refractivity contribution is 5.77. The Morgan fingerprint density at radius 3 is 2.27 bits per heavy atom. The number of ether oxygens (including phenoxy) is 2. The summed E-state index contributed by atoms with van der Waals surface area (Å²) >= 11 is 0. The maximum absolute atomic E-state index is 14.0. The number of nitrogens with zero attached hydrogens (tertiary/aromatic N) is 1. The van der Waals surface area contributed by atoms with Crippen LogP contribution in [0.4, 0.5) is 9.18 Å². The molecular formula is C31H38FN3O5. The summed E-state index contributed by atoms with van der Waals surface area (Å²) in [7, 11) is 3.25. The summed E-state index contributed by atoms with van der Waals surface area (Å²) in [5, 5.41) is 16.3. The number of aliphatic hydroxyl groups is 1. The highest BCUT2D eigenvalue weighted by Gasteiger charge is 2.26. The van der Waals surface area contributed by atoms with Crippen molar-refractivity contribution in [2.24, 2.45) is 7.05 Å². The molecule has 0 atom stereocenters. The van der Waals surface area contributed by atoms with Gasteiger partial charge >= 0.3 is 6.03 Å². The van der Waals surface area contributed by atoms with Gasteiger partial charge in [-0.1, -0.05) is 6.07 Å². The van der Waals surface area contributed by atoms with Gasteiger partial charge in [-0.15, -0.1) is 0 Å². The second-order valence-corrected chi connectivity index (χ2v) is 11.1. The van der Waals surface area contributed by atoms with Crippen molar-refractivity contribution < 1.29 is 23.8 Å². The fourth-order valence-corrected chi connectivity index (χ4v) is 5.05. The molecule has 3 N–H and O–H groups in total. The third kappa shape index (κ3) is 6.65. The molecule has 2 amide bonds. The van der Waals surface area contributed by atoms with Gasteiger partial charge in [0.2, 0.25) is 0 Å². The molecule has 0 saturated heterocycles. The topological polar surface area (TPSA) is 102 Å². The monoisotopic (exact) mass is 551 g/mol. The van der Waals surface area contributed by atoms with Gasteiger partial charge in [0.1, 0.15) is 23.1 Å². The van der Waals surface area contributed by atoms with Gasteiger partial charge < -0.3 is 29.8 Å². The Bertz CT molecular complexity index is 1430. The Labute approximate surface area is 234 Å². The van der Waals surface area contributed by atoms with Crippen molar-refractivity contribution in [2.45, 2.75) is 71.1 Å². The van der Waals surface area contributed by atoms with E-state index in [2.05, 4.69) is 10.6 Å². The van der Waals surface area contributed by atoms with Crippen LogP contribution < -0.4 is 25.7 Å². The highest BCUT2D eigenvalue weighted by atomic mass is 19.1. The minimum absolute atomic E-state index is 0.0635. The molecule has 1 aliphatic rings. The number of rotatable bonds is 7. The first-order chi connectivity index (χ1) is 18.8. The molecule has 0 radical (unpaired) electrons. The van der Waals surface area contributed by atoms with Crippen LogP contribution in [0.25, 0.3) is 11.1 Å². The van der Waals surface area contributed by atoms with Crippen LogP contribution in [-0.4, -0.2) is 34.9 Å². The Morgan fingerprint density at radius 1 is 1.02 bits per heavy atom. The first kappa shape index (κ1) is 29.1. The molecular weight excluding hydrogens is 513 g/mol. The molecule has 1 heterocycles. The number of halogens is 1. The van der Waals surface area contributed by atoms with E-state index in [-0.39, 0.29) is 29.6 Å². The van der Waals surface area contributed by atoms with Crippen LogP contribution in [0.3, 0.4) is 0 Å². The molecule has 1 aliphatic carbocycles. The second-order valence-electron chi connectivity index (χ2n) is 11.1. The molecule has 0 unspecified atom stereocenters. The number of benzene rings is 2. The van der Waals surface area contributed by atoms with Crippen molar-refractivity contribution in [1.82, 2.24) is 15.2 Å². The van der Waals surface area contributed by atoms with Crippen molar-refractivity contribution in [3.05, 3.63) is 75.5 Å². The van der Waals surface area contributed by atoms with Crippen LogP contribution in [0.15, 0.2) is 47.4 Å². The van der Waals surface area contributed by atoms with Gasteiger partial charge in [-0.2, -0.15) is 0 Å². The molecule has 9 heteroatoms. The standard InChI is InChI=1S/C31H38FN3O5/c1-18-13-21(32)14-19(2)29(18)40-26-12-7-20(31(3,4)38)15-24(26)25-17-35(6)28(36)16-27(25)39-23-10-8-22(9-11-23)34-30(37)33-5/h7,12-17,22-23,38H,8-11H2,1-6H3,(H2,33,34,37)/t22-,23-. The molecule has 40 heavy (non-hydrogen) atoms. The van der Waals surface area contributed by atoms with E-state index in [1.54, 1.807) is 60.1 Å². The normalized spacial score (nSPS) is 17.3. The van der Waals surface area contributed by atoms with Gasteiger partial charge in [0.15, 0.2) is 0 Å². The molecule has 0 aliphatic heterocycles. The third-order valence-corrected chi connectivity index (χ3v) is 7.33. The number of aryl methyl sites for hydroxylation is 3. The smallest absolute Gasteiger partial charge is 0.314 e. The van der Waals surface area contributed by atoms with Gasteiger partial charge in [0, 0.05) is 43.5 Å². The molecule has 0 spiro atoms. The van der Waals surface area contributed by atoms with E-state index < -0.39 is 5.60 Å². The van der Waals surface area contributed by atoms with Crippen molar-refractivity contribution in [3.63, 3.8) is 0 Å². The summed E-state index contributed by atoms with van der Waals surface area (Å²) in [5.41, 5.74) is 1.85. The quantitative estimate of drug-likeness (QED) is 0.363. The van der Waals surface area contributed by atoms with Crippen molar-refractivity contribution in [1.29, 1.82) is 0 Å². The average Bonchev–Trinajstić information content (AvgIpc) is 2.88. The maximum atomic E-state index is 14.0. The predicted octanol–water partition coefficient (Wildman–Crippen LogP) is 5.45. The van der Waals surface area contributed by atoms with E-state index in [1.807, 2.05) is 6.07 Å². The minimum Gasteiger partial charge on any atom is -0.490 e. The van der Waals surface area contributed by atoms with E-state index in [4.69, 9.17) is 9.47 Å². The summed E-state index contributed by atoms with van der Waals surface area (Å²) < 4.78 is 28.3. The van der Waals surface area contributed by atoms with E-state index in [0.29, 0.717) is 57.9 Å². The van der Waals surface area contributed by atoms with Crippen LogP contribution in [0.2, 0.25) is 0 Å². The number of urea groups is 1. The van der Waals surface area contributed by atoms with Crippen molar-refractivity contribution >= 4 is 6.03 Å². The minimum atomic E-state index is -1.13. The number of pyridine rings is 1. The molecule has 1 fully saturated rings. The molecule has 8 nitrogen and oxygen atoms in total. The Hall–Kier alpha value is -3.85. The van der Waals surface area contributed by atoms with Crippen LogP contribution in [0.1, 0.15) is 56.2 Å². The highest BCUT2D eigenvalue weighted by Crippen LogP contribution is 2.42. The van der Waals surface area contributed by atoms with Gasteiger partial charge in [0.25, 0.3) is 5.56 Å². The lowest BCUT2D eigenvalue weighted by molar-refractivity contribution is 0.0786. The zero-order valence-corrected chi connectivity index (χ0v) is 23.9. The number of aromatic nitrogens is 1. The number of amides is 2. The fraction of sp³-hybridized carbons (Fsp3) is 0.419. The van der Waals surface area contributed by atoms with Crippen molar-refractivity contribution in [2.75, 3.05) is 7.05 Å². The second kappa shape index (κ2) is 11.7. The Morgan fingerprint density at radius 2 is 1.68 bits per heavy atom. The lowest BCUT2D eigenvalue weighted by atomic mass is 9.92. The Balaban J connectivity index is 1.74.